The fourth-order valence-corrected chi connectivity index (χ4v) is 2.99. The van der Waals surface area contributed by atoms with Crippen LogP contribution < -0.4 is 5.73 Å². The molecule has 4 nitrogen and oxygen atoms in total. The van der Waals surface area contributed by atoms with Gasteiger partial charge in [-0.1, -0.05) is 27.5 Å². The van der Waals surface area contributed by atoms with E-state index in [1.807, 2.05) is 0 Å². The normalized spacial score (nSPS) is 17.6. The molecule has 1 saturated heterocycles. The van der Waals surface area contributed by atoms with E-state index in [1.165, 1.54) is 0 Å². The molecule has 1 aromatic carbocycles. The van der Waals surface area contributed by atoms with Gasteiger partial charge in [0.2, 0.25) is 0 Å². The van der Waals surface area contributed by atoms with Crippen molar-refractivity contribution in [1.82, 2.24) is 4.90 Å². The minimum Gasteiger partial charge on any atom is -0.329 e. The maximum Gasteiger partial charge on any atom is 0.293 e. The van der Waals surface area contributed by atoms with Crippen LogP contribution in [0.3, 0.4) is 0 Å². The average Bonchev–Trinajstić information content (AvgIpc) is 2.62. The van der Waals surface area contributed by atoms with Gasteiger partial charge >= 0.3 is 0 Å². The SMILES string of the molecule is NCCN1C(=O)SC(=Cc2cc(Cl)ccc2Br)C1=O. The third-order valence-electron chi connectivity index (χ3n) is 2.47. The third-order valence-corrected chi connectivity index (χ3v) is 4.34. The Balaban J connectivity index is 2.32. The second-order valence-corrected chi connectivity index (χ2v) is 6.07. The highest BCUT2D eigenvalue weighted by atomic mass is 79.9. The van der Waals surface area contributed by atoms with Crippen molar-refractivity contribution in [3.05, 3.63) is 38.2 Å². The summed E-state index contributed by atoms with van der Waals surface area (Å²) in [6.07, 6.45) is 1.65. The van der Waals surface area contributed by atoms with E-state index in [2.05, 4.69) is 15.9 Å². The van der Waals surface area contributed by atoms with Gasteiger partial charge in [-0.05, 0) is 41.6 Å². The van der Waals surface area contributed by atoms with Gasteiger partial charge in [-0.15, -0.1) is 0 Å². The lowest BCUT2D eigenvalue weighted by molar-refractivity contribution is -0.122. The summed E-state index contributed by atoms with van der Waals surface area (Å²) in [5, 5.41) is 0.274. The van der Waals surface area contributed by atoms with Crippen LogP contribution in [0.5, 0.6) is 0 Å². The minimum atomic E-state index is -0.313. The first-order valence-electron chi connectivity index (χ1n) is 5.43. The van der Waals surface area contributed by atoms with Crippen LogP contribution >= 0.6 is 39.3 Å². The molecule has 1 fully saturated rings. The van der Waals surface area contributed by atoms with E-state index in [4.69, 9.17) is 17.3 Å². The second kappa shape index (κ2) is 6.09. The summed E-state index contributed by atoms with van der Waals surface area (Å²) in [6.45, 7) is 0.491. The standard InChI is InChI=1S/C12H10BrClN2O2S/c13-9-2-1-8(14)5-7(9)6-10-11(17)16(4-3-15)12(18)19-10/h1-2,5-6H,3-4,15H2. The molecule has 1 aliphatic heterocycles. The van der Waals surface area contributed by atoms with Crippen molar-refractivity contribution in [2.75, 3.05) is 13.1 Å². The summed E-state index contributed by atoms with van der Waals surface area (Å²) < 4.78 is 0.808. The monoisotopic (exact) mass is 360 g/mol. The molecule has 0 radical (unpaired) electrons. The number of nitrogens with zero attached hydrogens (tertiary/aromatic N) is 1. The van der Waals surface area contributed by atoms with Crippen molar-refractivity contribution in [2.45, 2.75) is 0 Å². The highest BCUT2D eigenvalue weighted by Gasteiger charge is 2.34. The fraction of sp³-hybridized carbons (Fsp3) is 0.167. The second-order valence-electron chi connectivity index (χ2n) is 3.79. The minimum absolute atomic E-state index is 0.235. The molecule has 0 bridgehead atoms. The molecule has 2 rings (SSSR count). The van der Waals surface area contributed by atoms with Crippen molar-refractivity contribution in [1.29, 1.82) is 0 Å². The lowest BCUT2D eigenvalue weighted by Gasteiger charge is -2.09. The molecule has 2 amide bonds. The van der Waals surface area contributed by atoms with Gasteiger partial charge in [-0.2, -0.15) is 0 Å². The summed E-state index contributed by atoms with van der Waals surface area (Å²) >= 11 is 10.2. The Bertz CT molecular complexity index is 577. The van der Waals surface area contributed by atoms with Gasteiger partial charge in [0.15, 0.2) is 0 Å². The van der Waals surface area contributed by atoms with Crippen LogP contribution in [0.4, 0.5) is 4.79 Å². The van der Waals surface area contributed by atoms with Crippen molar-refractivity contribution in [2.24, 2.45) is 5.73 Å². The first-order valence-corrected chi connectivity index (χ1v) is 7.42. The molecule has 7 heteroatoms. The van der Waals surface area contributed by atoms with Gasteiger partial charge in [0.1, 0.15) is 0 Å². The number of imide groups is 1. The molecule has 1 heterocycles. The van der Waals surface area contributed by atoms with Gasteiger partial charge in [-0.25, -0.2) is 0 Å². The number of hydrogen-bond donors (Lipinski definition) is 1. The predicted octanol–water partition coefficient (Wildman–Crippen LogP) is 3.10. The van der Waals surface area contributed by atoms with Crippen LogP contribution in [-0.2, 0) is 4.79 Å². The highest BCUT2D eigenvalue weighted by Crippen LogP contribution is 2.33. The Labute approximate surface area is 128 Å². The number of carbonyl (C=O) groups is 2. The van der Waals surface area contributed by atoms with Gasteiger partial charge in [-0.3, -0.25) is 14.5 Å². The first kappa shape index (κ1) is 14.6. The zero-order valence-corrected chi connectivity index (χ0v) is 12.9. The topological polar surface area (TPSA) is 63.4 Å². The highest BCUT2D eigenvalue weighted by molar-refractivity contribution is 9.10. The summed E-state index contributed by atoms with van der Waals surface area (Å²) in [7, 11) is 0. The Hall–Kier alpha value is -0.820. The van der Waals surface area contributed by atoms with E-state index in [-0.39, 0.29) is 24.2 Å². The molecule has 19 heavy (non-hydrogen) atoms. The molecule has 1 aromatic rings. The fourth-order valence-electron chi connectivity index (χ4n) is 1.59. The summed E-state index contributed by atoms with van der Waals surface area (Å²) in [5.74, 6) is -0.313. The molecular formula is C12H10BrClN2O2S. The van der Waals surface area contributed by atoms with E-state index >= 15 is 0 Å². The first-order chi connectivity index (χ1) is 9.02. The van der Waals surface area contributed by atoms with Gasteiger partial charge < -0.3 is 5.73 Å². The predicted molar refractivity (Wildman–Crippen MR) is 80.9 cm³/mol. The molecular weight excluding hydrogens is 352 g/mol. The maximum absolute atomic E-state index is 12.0. The van der Waals surface area contributed by atoms with Crippen LogP contribution in [0.25, 0.3) is 6.08 Å². The molecule has 0 aliphatic carbocycles. The number of benzene rings is 1. The molecule has 100 valence electrons. The van der Waals surface area contributed by atoms with E-state index in [0.29, 0.717) is 9.93 Å². The van der Waals surface area contributed by atoms with Gasteiger partial charge in [0, 0.05) is 22.6 Å². The van der Waals surface area contributed by atoms with Crippen molar-refractivity contribution in [3.63, 3.8) is 0 Å². The van der Waals surface area contributed by atoms with Crippen LogP contribution in [0.2, 0.25) is 5.02 Å². The molecule has 0 aromatic heterocycles. The number of nitrogens with two attached hydrogens (primary N) is 1. The zero-order valence-electron chi connectivity index (χ0n) is 9.73. The number of rotatable bonds is 3. The van der Waals surface area contributed by atoms with Crippen molar-refractivity contribution >= 4 is 56.5 Å². The smallest absolute Gasteiger partial charge is 0.293 e. The van der Waals surface area contributed by atoms with E-state index in [0.717, 1.165) is 26.7 Å². The third kappa shape index (κ3) is 3.20. The number of amides is 2. The van der Waals surface area contributed by atoms with Gasteiger partial charge in [0.25, 0.3) is 11.1 Å². The Kier molecular flexibility index (Phi) is 4.67. The zero-order chi connectivity index (χ0) is 14.0. The van der Waals surface area contributed by atoms with E-state index in [1.54, 1.807) is 24.3 Å². The lowest BCUT2D eigenvalue weighted by atomic mass is 10.2. The molecule has 0 unspecified atom stereocenters. The number of thioether (sulfide) groups is 1. The molecule has 1 aliphatic rings. The molecule has 0 saturated carbocycles. The number of halogens is 2. The van der Waals surface area contributed by atoms with E-state index in [9.17, 15) is 9.59 Å². The average molecular weight is 362 g/mol. The number of hydrogen-bond acceptors (Lipinski definition) is 4. The summed E-state index contributed by atoms with van der Waals surface area (Å²) in [4.78, 5) is 25.2. The Morgan fingerprint density at radius 3 is 2.84 bits per heavy atom. The van der Waals surface area contributed by atoms with Crippen molar-refractivity contribution < 1.29 is 9.59 Å². The molecule has 2 N–H and O–H groups in total. The largest absolute Gasteiger partial charge is 0.329 e. The van der Waals surface area contributed by atoms with Crippen LogP contribution in [0.1, 0.15) is 5.56 Å². The Morgan fingerprint density at radius 1 is 1.42 bits per heavy atom. The summed E-state index contributed by atoms with van der Waals surface area (Å²) in [6, 6.07) is 5.25. The van der Waals surface area contributed by atoms with Gasteiger partial charge in [0.05, 0.1) is 4.91 Å². The Morgan fingerprint density at radius 2 is 2.16 bits per heavy atom. The van der Waals surface area contributed by atoms with Crippen molar-refractivity contribution in [3.8, 4) is 0 Å². The lowest BCUT2D eigenvalue weighted by Crippen LogP contribution is -2.33. The maximum atomic E-state index is 12.0. The number of carbonyl (C=O) groups excluding carboxylic acids is 2. The molecule has 0 spiro atoms. The van der Waals surface area contributed by atoms with Crippen LogP contribution in [-0.4, -0.2) is 29.1 Å². The van der Waals surface area contributed by atoms with E-state index < -0.39 is 0 Å². The summed E-state index contributed by atoms with van der Waals surface area (Å²) in [5.41, 5.74) is 6.13. The molecule has 0 atom stereocenters. The van der Waals surface area contributed by atoms with Crippen LogP contribution in [0, 0.1) is 0 Å². The van der Waals surface area contributed by atoms with Crippen LogP contribution in [0.15, 0.2) is 27.6 Å². The quantitative estimate of drug-likeness (QED) is 0.840.